The molecule has 1 N–H and O–H groups in total. The van der Waals surface area contributed by atoms with Gasteiger partial charge in [0.2, 0.25) is 5.91 Å². The van der Waals surface area contributed by atoms with E-state index in [4.69, 9.17) is 9.47 Å². The maximum atomic E-state index is 14.0. The minimum atomic E-state index is -0.727. The molecule has 0 aliphatic carbocycles. The van der Waals surface area contributed by atoms with Gasteiger partial charge < -0.3 is 19.7 Å². The molecule has 8 nitrogen and oxygen atoms in total. The van der Waals surface area contributed by atoms with Gasteiger partial charge in [0, 0.05) is 22.7 Å². The molecule has 192 valence electrons. The lowest BCUT2D eigenvalue weighted by Crippen LogP contribution is -2.47. The number of esters is 2. The van der Waals surface area contributed by atoms with Crippen molar-refractivity contribution in [1.82, 2.24) is 4.90 Å². The van der Waals surface area contributed by atoms with Crippen molar-refractivity contribution in [2.75, 3.05) is 26.1 Å². The van der Waals surface area contributed by atoms with E-state index in [0.29, 0.717) is 17.7 Å². The molecule has 0 radical (unpaired) electrons. The summed E-state index contributed by atoms with van der Waals surface area (Å²) in [5.41, 5.74) is 1.53. The highest BCUT2D eigenvalue weighted by Gasteiger charge is 2.44. The average Bonchev–Trinajstić information content (AvgIpc) is 3.43. The zero-order valence-electron chi connectivity index (χ0n) is 21.0. The quantitative estimate of drug-likeness (QED) is 0.445. The number of hydrogen-bond donors (Lipinski definition) is 1. The average molecular weight is 521 g/mol. The van der Waals surface area contributed by atoms with Gasteiger partial charge in [-0.1, -0.05) is 38.1 Å². The normalized spacial score (nSPS) is 16.8. The number of benzene rings is 2. The number of nitrogens with one attached hydrogen (secondary N) is 1. The minimum Gasteiger partial charge on any atom is -0.465 e. The molecule has 1 aliphatic rings. The van der Waals surface area contributed by atoms with Crippen molar-refractivity contribution in [2.24, 2.45) is 5.92 Å². The fraction of sp³-hybridized carbons (Fsp3) is 0.286. The number of fused-ring (bicyclic) bond motifs is 1. The summed E-state index contributed by atoms with van der Waals surface area (Å²) >= 11 is 1.49. The number of amides is 2. The molecule has 4 rings (SSSR count). The van der Waals surface area contributed by atoms with Crippen LogP contribution in [0.3, 0.4) is 0 Å². The summed E-state index contributed by atoms with van der Waals surface area (Å²) in [7, 11) is 2.46. The SMILES string of the molecule is COC(=O)c1cc(NC(=O)[C@H]2c3ccccc3C(=O)N(CC(C)C)[C@@H]2c2cccs2)cc(C(=O)OC)c1. The molecular formula is C28H28N2O6S. The Kier molecular flexibility index (Phi) is 7.73. The summed E-state index contributed by atoms with van der Waals surface area (Å²) < 4.78 is 9.62. The third kappa shape index (κ3) is 5.27. The lowest BCUT2D eigenvalue weighted by molar-refractivity contribution is -0.119. The van der Waals surface area contributed by atoms with E-state index in [1.54, 1.807) is 23.1 Å². The molecule has 2 atom stereocenters. The van der Waals surface area contributed by atoms with E-state index in [1.807, 2.05) is 37.4 Å². The van der Waals surface area contributed by atoms with Crippen molar-refractivity contribution in [2.45, 2.75) is 25.8 Å². The molecule has 2 heterocycles. The molecule has 9 heteroatoms. The van der Waals surface area contributed by atoms with E-state index in [9.17, 15) is 19.2 Å². The van der Waals surface area contributed by atoms with Gasteiger partial charge in [-0.25, -0.2) is 9.59 Å². The lowest BCUT2D eigenvalue weighted by atomic mass is 9.81. The van der Waals surface area contributed by atoms with Gasteiger partial charge in [-0.05, 0) is 47.2 Å². The predicted molar refractivity (Wildman–Crippen MR) is 140 cm³/mol. The van der Waals surface area contributed by atoms with Gasteiger partial charge in [0.1, 0.15) is 0 Å². The second kappa shape index (κ2) is 11.0. The molecule has 0 saturated heterocycles. The molecule has 2 aromatic carbocycles. The summed E-state index contributed by atoms with van der Waals surface area (Å²) in [6, 6.07) is 14.7. The molecule has 3 aromatic rings. The zero-order valence-corrected chi connectivity index (χ0v) is 21.8. The number of hydrogen-bond acceptors (Lipinski definition) is 7. The highest BCUT2D eigenvalue weighted by atomic mass is 32.1. The van der Waals surface area contributed by atoms with Crippen molar-refractivity contribution in [3.8, 4) is 0 Å². The molecule has 0 bridgehead atoms. The van der Waals surface area contributed by atoms with Crippen molar-refractivity contribution in [3.05, 3.63) is 87.1 Å². The first-order valence-electron chi connectivity index (χ1n) is 11.8. The molecule has 1 aromatic heterocycles. The predicted octanol–water partition coefficient (Wildman–Crippen LogP) is 4.90. The zero-order chi connectivity index (χ0) is 26.7. The monoisotopic (exact) mass is 520 g/mol. The van der Waals surface area contributed by atoms with E-state index in [2.05, 4.69) is 5.32 Å². The molecule has 0 spiro atoms. The van der Waals surface area contributed by atoms with Gasteiger partial charge in [-0.3, -0.25) is 9.59 Å². The van der Waals surface area contributed by atoms with Crippen molar-refractivity contribution in [1.29, 1.82) is 0 Å². The van der Waals surface area contributed by atoms with Crippen LogP contribution in [0.15, 0.2) is 60.0 Å². The van der Waals surface area contributed by atoms with Crippen LogP contribution in [0.2, 0.25) is 0 Å². The number of thiophene rings is 1. The number of nitrogens with zero attached hydrogens (tertiary/aromatic N) is 1. The van der Waals surface area contributed by atoms with E-state index in [-0.39, 0.29) is 34.5 Å². The standard InChI is InChI=1S/C28H28N2O6S/c1-16(2)15-30-24(22-10-7-11-37-22)23(20-8-5-6-9-21(20)26(30)32)25(31)29-19-13-17(27(33)35-3)12-18(14-19)28(34)36-4/h5-14,16,23-24H,15H2,1-4H3,(H,29,31)/t23-,24+/m0/s1. The Bertz CT molecular complexity index is 1300. The first kappa shape index (κ1) is 26.1. The molecule has 0 unspecified atom stereocenters. The smallest absolute Gasteiger partial charge is 0.337 e. The summed E-state index contributed by atoms with van der Waals surface area (Å²) in [5.74, 6) is -2.35. The molecule has 0 saturated carbocycles. The van der Waals surface area contributed by atoms with Gasteiger partial charge in [-0.2, -0.15) is 0 Å². The Morgan fingerprint density at radius 2 is 1.62 bits per heavy atom. The Morgan fingerprint density at radius 1 is 0.973 bits per heavy atom. The minimum absolute atomic E-state index is 0.0937. The fourth-order valence-electron chi connectivity index (χ4n) is 4.64. The molecule has 1 aliphatic heterocycles. The first-order chi connectivity index (χ1) is 17.7. The lowest BCUT2D eigenvalue weighted by Gasteiger charge is -2.42. The number of methoxy groups -OCH3 is 2. The van der Waals surface area contributed by atoms with Crippen LogP contribution in [0.1, 0.15) is 67.3 Å². The van der Waals surface area contributed by atoms with Gasteiger partial charge >= 0.3 is 11.9 Å². The Morgan fingerprint density at radius 3 is 2.19 bits per heavy atom. The Hall–Kier alpha value is -3.98. The van der Waals surface area contributed by atoms with Crippen LogP contribution in [0.25, 0.3) is 0 Å². The number of anilines is 1. The van der Waals surface area contributed by atoms with Crippen molar-refractivity contribution in [3.63, 3.8) is 0 Å². The summed E-state index contributed by atoms with van der Waals surface area (Å²) in [6.45, 7) is 4.53. The van der Waals surface area contributed by atoms with Crippen LogP contribution in [-0.2, 0) is 14.3 Å². The largest absolute Gasteiger partial charge is 0.465 e. The third-order valence-corrected chi connectivity index (χ3v) is 7.10. The van der Waals surface area contributed by atoms with Gasteiger partial charge in [-0.15, -0.1) is 11.3 Å². The number of rotatable bonds is 7. The number of ether oxygens (including phenoxy) is 2. The van der Waals surface area contributed by atoms with Crippen LogP contribution < -0.4 is 5.32 Å². The van der Waals surface area contributed by atoms with Crippen LogP contribution in [-0.4, -0.2) is 49.4 Å². The summed E-state index contributed by atoms with van der Waals surface area (Å²) in [6.07, 6.45) is 0. The van der Waals surface area contributed by atoms with E-state index < -0.39 is 23.9 Å². The maximum absolute atomic E-state index is 14.0. The fourth-order valence-corrected chi connectivity index (χ4v) is 5.51. The topological polar surface area (TPSA) is 102 Å². The maximum Gasteiger partial charge on any atom is 0.337 e. The third-order valence-electron chi connectivity index (χ3n) is 6.16. The molecular weight excluding hydrogens is 492 g/mol. The molecule has 2 amide bonds. The van der Waals surface area contributed by atoms with E-state index in [0.717, 1.165) is 4.88 Å². The van der Waals surface area contributed by atoms with Crippen LogP contribution in [0, 0.1) is 5.92 Å². The van der Waals surface area contributed by atoms with Crippen LogP contribution >= 0.6 is 11.3 Å². The Labute approximate surface area is 219 Å². The first-order valence-corrected chi connectivity index (χ1v) is 12.7. The number of carbonyl (C=O) groups excluding carboxylic acids is 4. The van der Waals surface area contributed by atoms with Gasteiger partial charge in [0.25, 0.3) is 5.91 Å². The summed E-state index contributed by atoms with van der Waals surface area (Å²) in [5, 5.41) is 4.81. The molecule has 0 fully saturated rings. The van der Waals surface area contributed by atoms with E-state index >= 15 is 0 Å². The van der Waals surface area contributed by atoms with Crippen LogP contribution in [0.5, 0.6) is 0 Å². The van der Waals surface area contributed by atoms with Gasteiger partial charge in [0.05, 0.1) is 37.3 Å². The van der Waals surface area contributed by atoms with E-state index in [1.165, 1.54) is 43.8 Å². The molecule has 37 heavy (non-hydrogen) atoms. The van der Waals surface area contributed by atoms with Crippen LogP contribution in [0.4, 0.5) is 5.69 Å². The highest BCUT2D eigenvalue weighted by Crippen LogP contribution is 2.45. The second-order valence-corrected chi connectivity index (χ2v) is 10.1. The second-order valence-electron chi connectivity index (χ2n) is 9.15. The summed E-state index contributed by atoms with van der Waals surface area (Å²) in [4.78, 5) is 54.7. The van der Waals surface area contributed by atoms with Crippen molar-refractivity contribution < 1.29 is 28.7 Å². The van der Waals surface area contributed by atoms with Gasteiger partial charge in [0.15, 0.2) is 0 Å². The Balaban J connectivity index is 1.81. The van der Waals surface area contributed by atoms with Crippen molar-refractivity contribution >= 4 is 40.8 Å². The highest BCUT2D eigenvalue weighted by molar-refractivity contribution is 7.10. The number of carbonyl (C=O) groups is 4.